The van der Waals surface area contributed by atoms with Gasteiger partial charge in [0.05, 0.1) is 25.8 Å². The number of halogens is 2. The minimum absolute atomic E-state index is 0.459. The topological polar surface area (TPSA) is 21.7 Å². The van der Waals surface area contributed by atoms with Gasteiger partial charge in [0.15, 0.2) is 0 Å². The average molecular weight is 274 g/mol. The van der Waals surface area contributed by atoms with E-state index in [1.807, 2.05) is 18.2 Å². The van der Waals surface area contributed by atoms with Crippen LogP contribution >= 0.6 is 23.2 Å². The molecule has 92 valence electrons. The number of benzene rings is 1. The molecule has 0 amide bonds. The van der Waals surface area contributed by atoms with E-state index in [-0.39, 0.29) is 0 Å². The van der Waals surface area contributed by atoms with E-state index >= 15 is 0 Å². The Bertz CT molecular complexity index is 433. The third kappa shape index (κ3) is 1.96. The van der Waals surface area contributed by atoms with Crippen LogP contribution in [0.4, 0.5) is 0 Å². The maximum Gasteiger partial charge on any atom is 0.208 e. The zero-order valence-electron chi connectivity index (χ0n) is 9.29. The molecule has 3 nitrogen and oxygen atoms in total. The van der Waals surface area contributed by atoms with Crippen molar-refractivity contribution in [2.24, 2.45) is 0 Å². The van der Waals surface area contributed by atoms with Gasteiger partial charge in [-0.2, -0.15) is 0 Å². The van der Waals surface area contributed by atoms with Gasteiger partial charge in [-0.25, -0.2) is 0 Å². The number of hydrogen-bond acceptors (Lipinski definition) is 3. The van der Waals surface area contributed by atoms with E-state index in [0.717, 1.165) is 22.7 Å². The second kappa shape index (κ2) is 4.41. The quantitative estimate of drug-likeness (QED) is 0.580. The maximum atomic E-state index is 6.03. The smallest absolute Gasteiger partial charge is 0.208 e. The van der Waals surface area contributed by atoms with E-state index in [1.165, 1.54) is 0 Å². The zero-order valence-corrected chi connectivity index (χ0v) is 10.8. The van der Waals surface area contributed by atoms with Crippen molar-refractivity contribution in [1.29, 1.82) is 0 Å². The van der Waals surface area contributed by atoms with Crippen LogP contribution in [0.1, 0.15) is 11.1 Å². The molecule has 1 spiro atoms. The number of alkyl halides is 1. The molecule has 2 aliphatic rings. The molecule has 0 atom stereocenters. The van der Waals surface area contributed by atoms with Crippen LogP contribution < -0.4 is 0 Å². The predicted octanol–water partition coefficient (Wildman–Crippen LogP) is 2.55. The molecule has 0 bridgehead atoms. The van der Waals surface area contributed by atoms with Crippen LogP contribution in [0.15, 0.2) is 18.2 Å². The van der Waals surface area contributed by atoms with Crippen LogP contribution in [0.5, 0.6) is 0 Å². The van der Waals surface area contributed by atoms with Crippen LogP contribution in [0.3, 0.4) is 0 Å². The first-order chi connectivity index (χ1) is 8.23. The zero-order chi connectivity index (χ0) is 11.9. The fraction of sp³-hybridized carbons (Fsp3) is 0.500. The summed E-state index contributed by atoms with van der Waals surface area (Å²) in [6, 6.07) is 6.29. The van der Waals surface area contributed by atoms with E-state index in [2.05, 4.69) is 4.90 Å². The molecule has 0 aromatic heterocycles. The molecule has 0 radical (unpaired) electrons. The fourth-order valence-corrected chi connectivity index (χ4v) is 2.89. The van der Waals surface area contributed by atoms with E-state index < -0.39 is 5.79 Å². The van der Waals surface area contributed by atoms with Crippen molar-refractivity contribution in [3.63, 3.8) is 0 Å². The van der Waals surface area contributed by atoms with Gasteiger partial charge in [0.2, 0.25) is 5.79 Å². The van der Waals surface area contributed by atoms with Gasteiger partial charge in [0.25, 0.3) is 0 Å². The SMILES string of the molecule is ClCN1Cc2cc(Cl)ccc2C2(C1)OCCO2. The van der Waals surface area contributed by atoms with Crippen LogP contribution in [0, 0.1) is 0 Å². The van der Waals surface area contributed by atoms with E-state index in [4.69, 9.17) is 32.7 Å². The molecule has 3 rings (SSSR count). The summed E-state index contributed by atoms with van der Waals surface area (Å²) in [4.78, 5) is 2.09. The van der Waals surface area contributed by atoms with E-state index in [9.17, 15) is 0 Å². The maximum absolute atomic E-state index is 6.03. The highest BCUT2D eigenvalue weighted by Gasteiger charge is 2.44. The molecule has 0 unspecified atom stereocenters. The molecule has 0 N–H and O–H groups in total. The van der Waals surface area contributed by atoms with Gasteiger partial charge >= 0.3 is 0 Å². The molecular formula is C12H13Cl2NO2. The summed E-state index contributed by atoms with van der Waals surface area (Å²) in [5, 5.41) is 0.730. The fourth-order valence-electron chi connectivity index (χ4n) is 2.53. The van der Waals surface area contributed by atoms with Crippen molar-refractivity contribution >= 4 is 23.2 Å². The molecule has 0 saturated carbocycles. The number of nitrogens with zero attached hydrogens (tertiary/aromatic N) is 1. The molecule has 17 heavy (non-hydrogen) atoms. The van der Waals surface area contributed by atoms with Gasteiger partial charge in [-0.1, -0.05) is 17.7 Å². The van der Waals surface area contributed by atoms with Crippen molar-refractivity contribution in [3.8, 4) is 0 Å². The lowest BCUT2D eigenvalue weighted by molar-refractivity contribution is -0.185. The summed E-state index contributed by atoms with van der Waals surface area (Å²) < 4.78 is 11.6. The standard InChI is InChI=1S/C12H13Cl2NO2/c13-8-15-6-9-5-10(14)1-2-11(9)12(7-15)16-3-4-17-12/h1-2,5H,3-4,6-8H2. The van der Waals surface area contributed by atoms with Crippen LogP contribution in [0.2, 0.25) is 5.02 Å². The lowest BCUT2D eigenvalue weighted by Crippen LogP contribution is -2.46. The van der Waals surface area contributed by atoms with Gasteiger partial charge in [0, 0.05) is 17.1 Å². The van der Waals surface area contributed by atoms with E-state index in [0.29, 0.717) is 25.8 Å². The summed E-state index contributed by atoms with van der Waals surface area (Å²) in [6.45, 7) is 2.70. The molecule has 2 aliphatic heterocycles. The largest absolute Gasteiger partial charge is 0.342 e. The number of ether oxygens (including phenoxy) is 2. The summed E-state index contributed by atoms with van der Waals surface area (Å²) >= 11 is 12.0. The summed E-state index contributed by atoms with van der Waals surface area (Å²) in [7, 11) is 0. The van der Waals surface area contributed by atoms with Crippen molar-refractivity contribution < 1.29 is 9.47 Å². The molecule has 1 fully saturated rings. The second-order valence-electron chi connectivity index (χ2n) is 4.36. The molecular weight excluding hydrogens is 261 g/mol. The Hall–Kier alpha value is -0.320. The minimum Gasteiger partial charge on any atom is -0.342 e. The number of rotatable bonds is 1. The Balaban J connectivity index is 2.07. The van der Waals surface area contributed by atoms with Crippen LogP contribution in [0.25, 0.3) is 0 Å². The van der Waals surface area contributed by atoms with Gasteiger partial charge in [-0.05, 0) is 17.7 Å². The Labute approximate surface area is 110 Å². The predicted molar refractivity (Wildman–Crippen MR) is 66.2 cm³/mol. The number of fused-ring (bicyclic) bond motifs is 2. The summed E-state index contributed by atoms with van der Waals surface area (Å²) in [5.41, 5.74) is 2.21. The Kier molecular flexibility index (Phi) is 3.05. The van der Waals surface area contributed by atoms with Gasteiger partial charge < -0.3 is 9.47 Å². The Morgan fingerprint density at radius 1 is 1.29 bits per heavy atom. The van der Waals surface area contributed by atoms with Crippen molar-refractivity contribution in [3.05, 3.63) is 34.3 Å². The number of hydrogen-bond donors (Lipinski definition) is 0. The first-order valence-corrected chi connectivity index (χ1v) is 6.50. The lowest BCUT2D eigenvalue weighted by Gasteiger charge is -2.39. The molecule has 1 aromatic rings. The molecule has 0 aliphatic carbocycles. The summed E-state index contributed by atoms with van der Waals surface area (Å²) in [6.07, 6.45) is 0. The van der Waals surface area contributed by atoms with Gasteiger partial charge in [0.1, 0.15) is 0 Å². The molecule has 2 heterocycles. The second-order valence-corrected chi connectivity index (χ2v) is 5.03. The highest BCUT2D eigenvalue weighted by atomic mass is 35.5. The first-order valence-electron chi connectivity index (χ1n) is 5.59. The van der Waals surface area contributed by atoms with Gasteiger partial charge in [-0.3, -0.25) is 4.90 Å². The van der Waals surface area contributed by atoms with Gasteiger partial charge in [-0.15, -0.1) is 11.6 Å². The van der Waals surface area contributed by atoms with E-state index in [1.54, 1.807) is 0 Å². The van der Waals surface area contributed by atoms with Crippen molar-refractivity contribution in [2.75, 3.05) is 25.8 Å². The van der Waals surface area contributed by atoms with Crippen LogP contribution in [-0.4, -0.2) is 30.7 Å². The van der Waals surface area contributed by atoms with Crippen molar-refractivity contribution in [2.45, 2.75) is 12.3 Å². The normalized spacial score (nSPS) is 22.9. The average Bonchev–Trinajstić information content (AvgIpc) is 2.77. The minimum atomic E-state index is -0.646. The first kappa shape index (κ1) is 11.8. The third-order valence-electron chi connectivity index (χ3n) is 3.23. The highest BCUT2D eigenvalue weighted by Crippen LogP contribution is 2.39. The Morgan fingerprint density at radius 2 is 2.06 bits per heavy atom. The van der Waals surface area contributed by atoms with Crippen molar-refractivity contribution in [1.82, 2.24) is 4.90 Å². The Morgan fingerprint density at radius 3 is 2.76 bits per heavy atom. The third-order valence-corrected chi connectivity index (χ3v) is 3.80. The monoisotopic (exact) mass is 273 g/mol. The highest BCUT2D eigenvalue weighted by molar-refractivity contribution is 6.30. The molecule has 1 saturated heterocycles. The lowest BCUT2D eigenvalue weighted by atomic mass is 9.94. The summed E-state index contributed by atoms with van der Waals surface area (Å²) in [5.74, 6) is -0.646. The molecule has 5 heteroatoms. The van der Waals surface area contributed by atoms with Crippen LogP contribution in [-0.2, 0) is 21.8 Å². The molecule has 1 aromatic carbocycles.